The number of nitrogens with zero attached hydrogens (tertiary/aromatic N) is 15. The molecule has 3 aliphatic carbocycles. The first-order valence-electron chi connectivity index (χ1n) is 27.0. The van der Waals surface area contributed by atoms with Crippen LogP contribution < -0.4 is 37.1 Å². The molecule has 3 aliphatic rings. The Bertz CT molecular complexity index is 4650. The number of methoxy groups -OCH3 is 2. The number of aromatic nitrogens is 14. The molecule has 12 aromatic rings. The summed E-state index contributed by atoms with van der Waals surface area (Å²) in [6.07, 6.45) is 5.64. The molecule has 0 saturated heterocycles. The lowest BCUT2D eigenvalue weighted by atomic mass is 9.93. The lowest BCUT2D eigenvalue weighted by molar-refractivity contribution is 0.193. The number of nitrogens with two attached hydrogens (primary N) is 4. The van der Waals surface area contributed by atoms with Crippen molar-refractivity contribution in [1.29, 1.82) is 0 Å². The van der Waals surface area contributed by atoms with E-state index in [2.05, 4.69) is 54.5 Å². The zero-order valence-electron chi connectivity index (χ0n) is 44.9. The number of para-hydroxylation sites is 2. The van der Waals surface area contributed by atoms with Crippen LogP contribution in [0.4, 0.5) is 23.7 Å². The van der Waals surface area contributed by atoms with E-state index in [0.717, 1.165) is 58.2 Å². The molecule has 3 saturated carbocycles. The van der Waals surface area contributed by atoms with Gasteiger partial charge in [0.1, 0.15) is 40.5 Å². The number of nitrogen functional groups attached to an aromatic ring is 3. The molecule has 23 heteroatoms. The predicted octanol–water partition coefficient (Wildman–Crippen LogP) is 7.96. The Hall–Kier alpha value is -10.2. The van der Waals surface area contributed by atoms with Gasteiger partial charge < -0.3 is 42.3 Å². The van der Waals surface area contributed by atoms with Gasteiger partial charge in [-0.05, 0) is 127 Å². The molecule has 9 N–H and O–H groups in total. The minimum absolute atomic E-state index is 0.0154. The molecule has 8 heterocycles. The number of aliphatic hydroxyl groups is 1. The molecular weight excluding hydrogens is 1040 g/mol. The van der Waals surface area contributed by atoms with E-state index in [0.29, 0.717) is 96.2 Å². The Labute approximate surface area is 466 Å². The van der Waals surface area contributed by atoms with E-state index < -0.39 is 6.10 Å². The second-order valence-electron chi connectivity index (χ2n) is 21.5. The van der Waals surface area contributed by atoms with Crippen molar-refractivity contribution in [2.45, 2.75) is 75.4 Å². The Morgan fingerprint density at radius 2 is 1.38 bits per heavy atom. The number of aliphatic imine (C=N–C) groups is 1. The van der Waals surface area contributed by atoms with Crippen LogP contribution in [-0.2, 0) is 6.61 Å². The molecule has 0 bridgehead atoms. The normalized spacial score (nSPS) is 19.9. The quantitative estimate of drug-likeness (QED) is 0.0509. The molecule has 4 aromatic carbocycles. The summed E-state index contributed by atoms with van der Waals surface area (Å²) in [4.78, 5) is 37.8. The van der Waals surface area contributed by atoms with Crippen LogP contribution in [0, 0.1) is 12.8 Å². The van der Waals surface area contributed by atoms with Crippen LogP contribution in [0.5, 0.6) is 17.2 Å². The van der Waals surface area contributed by atoms with Gasteiger partial charge in [0.05, 0.1) is 25.9 Å². The summed E-state index contributed by atoms with van der Waals surface area (Å²) in [5, 5.41) is 32.5. The molecule has 8 aromatic heterocycles. The maximum Gasteiger partial charge on any atom is 0.223 e. The zero-order valence-corrected chi connectivity index (χ0v) is 44.9. The molecule has 0 aliphatic heterocycles. The highest BCUT2D eigenvalue weighted by atomic mass is 16.5. The second-order valence-corrected chi connectivity index (χ2v) is 21.5. The van der Waals surface area contributed by atoms with E-state index >= 15 is 0 Å². The average Bonchev–Trinajstić information content (AvgIpc) is 4.17. The van der Waals surface area contributed by atoms with E-state index in [1.807, 2.05) is 90.3 Å². The van der Waals surface area contributed by atoms with E-state index in [9.17, 15) is 5.11 Å². The van der Waals surface area contributed by atoms with Crippen molar-refractivity contribution in [2.24, 2.45) is 16.6 Å². The second kappa shape index (κ2) is 18.5. The molecule has 82 heavy (non-hydrogen) atoms. The van der Waals surface area contributed by atoms with Crippen molar-refractivity contribution in [3.8, 4) is 28.6 Å². The van der Waals surface area contributed by atoms with Crippen LogP contribution in [0.3, 0.4) is 0 Å². The lowest BCUT2D eigenvalue weighted by Gasteiger charge is -2.18. The fraction of sp³-hybridized carbons (Fsp3) is 0.254. The molecule has 7 atom stereocenters. The van der Waals surface area contributed by atoms with Gasteiger partial charge in [0.15, 0.2) is 46.0 Å². The number of aryl methyl sites for hydroxylation is 1. The number of pyridine rings is 2. The molecule has 0 amide bonds. The van der Waals surface area contributed by atoms with Gasteiger partial charge in [-0.15, -0.1) is 20.4 Å². The van der Waals surface area contributed by atoms with E-state index in [4.69, 9.17) is 67.3 Å². The molecule has 6 unspecified atom stereocenters. The third-order valence-corrected chi connectivity index (χ3v) is 16.4. The summed E-state index contributed by atoms with van der Waals surface area (Å²) in [5.41, 5.74) is 35.9. The van der Waals surface area contributed by atoms with E-state index in [1.165, 1.54) is 0 Å². The Kier molecular flexibility index (Phi) is 11.0. The fourth-order valence-corrected chi connectivity index (χ4v) is 12.0. The number of amidine groups is 1. The van der Waals surface area contributed by atoms with Crippen molar-refractivity contribution in [3.05, 3.63) is 149 Å². The zero-order chi connectivity index (χ0) is 55.8. The summed E-state index contributed by atoms with van der Waals surface area (Å²) < 4.78 is 23.4. The predicted molar refractivity (Wildman–Crippen MR) is 307 cm³/mol. The number of fused-ring (bicyclic) bond motifs is 8. The van der Waals surface area contributed by atoms with Crippen LogP contribution in [0.25, 0.3) is 61.0 Å². The summed E-state index contributed by atoms with van der Waals surface area (Å²) in [5.74, 6) is 5.22. The largest absolute Gasteiger partial charge is 0.494 e. The van der Waals surface area contributed by atoms with Crippen LogP contribution in [0.2, 0.25) is 0 Å². The van der Waals surface area contributed by atoms with Crippen molar-refractivity contribution in [1.82, 2.24) is 68.7 Å². The van der Waals surface area contributed by atoms with E-state index in [1.54, 1.807) is 30.2 Å². The molecule has 15 rings (SSSR count). The number of hydrogen-bond donors (Lipinski definition) is 5. The molecular formula is C59H53N19O4. The smallest absolute Gasteiger partial charge is 0.223 e. The van der Waals surface area contributed by atoms with Crippen LogP contribution in [-0.4, -0.2) is 93.9 Å². The third-order valence-electron chi connectivity index (χ3n) is 16.4. The van der Waals surface area contributed by atoms with Crippen LogP contribution >= 0.6 is 0 Å². The Morgan fingerprint density at radius 3 is 2.12 bits per heavy atom. The van der Waals surface area contributed by atoms with Crippen LogP contribution in [0.1, 0.15) is 107 Å². The third kappa shape index (κ3) is 7.97. The van der Waals surface area contributed by atoms with Gasteiger partial charge in [0, 0.05) is 52.0 Å². The first-order chi connectivity index (χ1) is 39.9. The fourth-order valence-electron chi connectivity index (χ4n) is 12.0. The standard InChI is InChI=1S/C59H53N19O4/c1-26-14-15-28(23-64-26)36-20-39(36)50(60)68-51-32-10-6-13-43(46(32)65-57(61)71-51)82-25-30-8-5-9-31(45(30)27(2)79)38-22-41(38)53-70-55-34-17-18-35(49(81-4)48(34)67-59(63)78(55)75-53)56-73-72-44-19-16-29(24-76(44)56)37-21-40(37)52-69-54-33-11-7-12-42(80-3)47(33)66-58(62)77(54)74-52/h5-19,23-24,27,36-41,79H,20-22,25H2,1-4H3,(H2,62,66)(H2,63,67)(H4,60,61,65,68,71)/t27-,36?,37?,38?,39?,40?,41?/m1/s1. The first kappa shape index (κ1) is 48.9. The highest BCUT2D eigenvalue weighted by Crippen LogP contribution is 2.57. The molecule has 23 nitrogen and oxygen atoms in total. The SMILES string of the molecule is COc1cccc2c1nc(N)n1nc(C3CC3c3ccc4nnc(-c5ccc6c(nc(N)n7nc(C8CC8c8cccc(COc9cccc%10c(N=C(N)C%11CC%11c%11ccc(C)nc%11)nc(N)nc9%10)c8[C@@H](C)O)nc67)c5OC)n4c3)nc21. The van der Waals surface area contributed by atoms with E-state index in [-0.39, 0.29) is 60.0 Å². The average molecular weight is 1090 g/mol. The summed E-state index contributed by atoms with van der Waals surface area (Å²) in [6.45, 7) is 3.88. The highest BCUT2D eigenvalue weighted by molar-refractivity contribution is 6.00. The van der Waals surface area contributed by atoms with Gasteiger partial charge in [-0.1, -0.05) is 42.5 Å². The lowest BCUT2D eigenvalue weighted by Crippen LogP contribution is -2.15. The summed E-state index contributed by atoms with van der Waals surface area (Å²) >= 11 is 0. The Balaban J connectivity index is 0.685. The number of benzene rings is 4. The summed E-state index contributed by atoms with van der Waals surface area (Å²) in [7, 11) is 3.20. The van der Waals surface area contributed by atoms with Gasteiger partial charge in [0.2, 0.25) is 17.8 Å². The number of ether oxygens (including phenoxy) is 3. The maximum atomic E-state index is 11.4. The minimum Gasteiger partial charge on any atom is -0.494 e. The van der Waals surface area contributed by atoms with Gasteiger partial charge in [-0.25, -0.2) is 29.9 Å². The van der Waals surface area contributed by atoms with Gasteiger partial charge in [-0.2, -0.15) is 14.0 Å². The maximum absolute atomic E-state index is 11.4. The summed E-state index contributed by atoms with van der Waals surface area (Å²) in [6, 6.07) is 29.3. The van der Waals surface area contributed by atoms with Gasteiger partial charge in [-0.3, -0.25) is 9.38 Å². The molecule has 3 fully saturated rings. The number of anilines is 3. The highest BCUT2D eigenvalue weighted by Gasteiger charge is 2.46. The number of rotatable bonds is 14. The Morgan fingerprint density at radius 1 is 0.683 bits per heavy atom. The number of hydrogen-bond acceptors (Lipinski definition) is 19. The van der Waals surface area contributed by atoms with Crippen LogP contribution in [0.15, 0.2) is 108 Å². The van der Waals surface area contributed by atoms with Crippen molar-refractivity contribution < 1.29 is 19.3 Å². The van der Waals surface area contributed by atoms with Crippen molar-refractivity contribution >= 4 is 79.1 Å². The minimum atomic E-state index is -0.808. The van der Waals surface area contributed by atoms with Crippen molar-refractivity contribution in [3.63, 3.8) is 0 Å². The molecule has 0 radical (unpaired) electrons. The molecule has 0 spiro atoms. The molecule has 408 valence electrons. The monoisotopic (exact) mass is 1090 g/mol. The number of aliphatic hydroxyl groups excluding tert-OH is 1. The van der Waals surface area contributed by atoms with Gasteiger partial charge >= 0.3 is 0 Å². The topological polar surface area (TPSA) is 319 Å². The van der Waals surface area contributed by atoms with Gasteiger partial charge in [0.25, 0.3) is 0 Å². The first-order valence-corrected chi connectivity index (χ1v) is 27.0. The van der Waals surface area contributed by atoms with Crippen molar-refractivity contribution in [2.75, 3.05) is 31.4 Å².